The van der Waals surface area contributed by atoms with Crippen LogP contribution in [0.4, 0.5) is 4.79 Å². The van der Waals surface area contributed by atoms with Gasteiger partial charge in [0.1, 0.15) is 18.7 Å². The second-order valence-corrected chi connectivity index (χ2v) is 14.1. The van der Waals surface area contributed by atoms with Gasteiger partial charge < -0.3 is 30.9 Å². The van der Waals surface area contributed by atoms with E-state index in [0.29, 0.717) is 6.42 Å². The minimum Gasteiger partial charge on any atom is -0.445 e. The summed E-state index contributed by atoms with van der Waals surface area (Å²) in [6.07, 6.45) is -2.44. The van der Waals surface area contributed by atoms with Gasteiger partial charge in [0.15, 0.2) is 0 Å². The summed E-state index contributed by atoms with van der Waals surface area (Å²) in [7, 11) is 0. The maximum absolute atomic E-state index is 14.2. The number of amides is 3. The predicted molar refractivity (Wildman–Crippen MR) is 195 cm³/mol. The molecule has 0 radical (unpaired) electrons. The fourth-order valence-electron chi connectivity index (χ4n) is 6.36. The molecule has 3 amide bonds. The van der Waals surface area contributed by atoms with Gasteiger partial charge in [-0.05, 0) is 39.7 Å². The normalized spacial score (nSPS) is 17.7. The number of rotatable bonds is 14. The van der Waals surface area contributed by atoms with Crippen molar-refractivity contribution in [3.05, 3.63) is 143 Å². The molecule has 0 spiro atoms. The van der Waals surface area contributed by atoms with Crippen molar-refractivity contribution in [3.63, 3.8) is 0 Å². The van der Waals surface area contributed by atoms with E-state index < -0.39 is 59.7 Å². The van der Waals surface area contributed by atoms with Crippen LogP contribution in [0.5, 0.6) is 0 Å². The van der Waals surface area contributed by atoms with Gasteiger partial charge in [0.05, 0.1) is 24.3 Å². The van der Waals surface area contributed by atoms with Crippen LogP contribution in [0.25, 0.3) is 0 Å². The fraction of sp³-hybridized carbons (Fsp3) is 0.341. The maximum atomic E-state index is 14.2. The van der Waals surface area contributed by atoms with Crippen LogP contribution >= 0.6 is 0 Å². The summed E-state index contributed by atoms with van der Waals surface area (Å²) in [5.41, 5.74) is 3.54. The van der Waals surface area contributed by atoms with Crippen molar-refractivity contribution in [2.24, 2.45) is 5.41 Å². The van der Waals surface area contributed by atoms with E-state index in [2.05, 4.69) is 21.3 Å². The smallest absolute Gasteiger partial charge is 0.408 e. The lowest BCUT2D eigenvalue weighted by atomic mass is 9.85. The molecule has 1 aliphatic carbocycles. The number of carbonyl (C=O) groups excluding carboxylic acids is 3. The van der Waals surface area contributed by atoms with Crippen molar-refractivity contribution in [3.8, 4) is 0 Å². The van der Waals surface area contributed by atoms with E-state index in [9.17, 15) is 24.6 Å². The molecule has 0 saturated heterocycles. The highest BCUT2D eigenvalue weighted by Gasteiger charge is 2.40. The Morgan fingerprint density at radius 3 is 1.96 bits per heavy atom. The van der Waals surface area contributed by atoms with Crippen LogP contribution in [-0.2, 0) is 40.3 Å². The van der Waals surface area contributed by atoms with Crippen LogP contribution in [0.2, 0.25) is 0 Å². The van der Waals surface area contributed by atoms with Gasteiger partial charge in [-0.25, -0.2) is 4.79 Å². The number of hydrogen-bond acceptors (Lipinski definition) is 7. The molecule has 6 N–H and O–H groups in total. The Morgan fingerprint density at radius 2 is 1.33 bits per heavy atom. The Balaban J connectivity index is 1.39. The number of benzene rings is 4. The first kappa shape index (κ1) is 37.2. The van der Waals surface area contributed by atoms with E-state index >= 15 is 0 Å². The van der Waals surface area contributed by atoms with Crippen molar-refractivity contribution in [1.29, 1.82) is 0 Å². The van der Waals surface area contributed by atoms with Crippen LogP contribution in [0.15, 0.2) is 115 Å². The first-order chi connectivity index (χ1) is 24.5. The van der Waals surface area contributed by atoms with Crippen LogP contribution in [0.3, 0.4) is 0 Å². The van der Waals surface area contributed by atoms with Gasteiger partial charge in [0, 0.05) is 13.0 Å². The number of fused-ring (bicyclic) bond motifs is 1. The van der Waals surface area contributed by atoms with Gasteiger partial charge in [0.2, 0.25) is 11.8 Å². The lowest BCUT2D eigenvalue weighted by Crippen LogP contribution is -2.62. The lowest BCUT2D eigenvalue weighted by molar-refractivity contribution is -0.131. The molecule has 10 heteroatoms. The van der Waals surface area contributed by atoms with E-state index in [1.54, 1.807) is 0 Å². The van der Waals surface area contributed by atoms with Crippen molar-refractivity contribution in [2.75, 3.05) is 0 Å². The van der Waals surface area contributed by atoms with Gasteiger partial charge in [-0.15, -0.1) is 0 Å². The molecule has 10 nitrogen and oxygen atoms in total. The molecule has 1 aliphatic rings. The zero-order valence-electron chi connectivity index (χ0n) is 29.3. The molecule has 51 heavy (non-hydrogen) atoms. The largest absolute Gasteiger partial charge is 0.445 e. The Hall–Kier alpha value is -5.03. The minimum absolute atomic E-state index is 0.0323. The summed E-state index contributed by atoms with van der Waals surface area (Å²) >= 11 is 0. The second kappa shape index (κ2) is 17.3. The monoisotopic (exact) mass is 692 g/mol. The van der Waals surface area contributed by atoms with Crippen molar-refractivity contribution in [2.45, 2.75) is 83.1 Å². The van der Waals surface area contributed by atoms with E-state index in [4.69, 9.17) is 4.74 Å². The van der Waals surface area contributed by atoms with Crippen LogP contribution in [0, 0.1) is 5.41 Å². The first-order valence-electron chi connectivity index (χ1n) is 17.3. The molecule has 6 atom stereocenters. The van der Waals surface area contributed by atoms with Gasteiger partial charge in [0.25, 0.3) is 0 Å². The van der Waals surface area contributed by atoms with Crippen LogP contribution in [0.1, 0.15) is 54.6 Å². The predicted octanol–water partition coefficient (Wildman–Crippen LogP) is 4.35. The number of aliphatic hydroxyl groups is 2. The third-order valence-electron chi connectivity index (χ3n) is 9.14. The molecule has 0 bridgehead atoms. The molecule has 0 heterocycles. The van der Waals surface area contributed by atoms with Gasteiger partial charge in [-0.2, -0.15) is 0 Å². The second-order valence-electron chi connectivity index (χ2n) is 14.1. The molecule has 0 saturated carbocycles. The number of carbonyl (C=O) groups is 3. The summed E-state index contributed by atoms with van der Waals surface area (Å²) < 4.78 is 5.43. The summed E-state index contributed by atoms with van der Waals surface area (Å²) in [6, 6.07) is 31.7. The highest BCUT2D eigenvalue weighted by atomic mass is 16.5. The molecular formula is C41H48N4O6. The van der Waals surface area contributed by atoms with E-state index in [1.165, 1.54) is 0 Å². The van der Waals surface area contributed by atoms with E-state index in [-0.39, 0.29) is 19.6 Å². The number of nitrogens with one attached hydrogen (secondary N) is 4. The third-order valence-corrected chi connectivity index (χ3v) is 9.14. The summed E-state index contributed by atoms with van der Waals surface area (Å²) in [4.78, 5) is 41.2. The molecule has 1 unspecified atom stereocenters. The maximum Gasteiger partial charge on any atom is 0.408 e. The van der Waals surface area contributed by atoms with Crippen molar-refractivity contribution >= 4 is 17.9 Å². The Morgan fingerprint density at radius 1 is 0.765 bits per heavy atom. The Bertz CT molecular complexity index is 1730. The molecule has 268 valence electrons. The van der Waals surface area contributed by atoms with Crippen molar-refractivity contribution in [1.82, 2.24) is 21.3 Å². The first-order valence-corrected chi connectivity index (χ1v) is 17.3. The van der Waals surface area contributed by atoms with Gasteiger partial charge in [-0.1, -0.05) is 136 Å². The zero-order valence-corrected chi connectivity index (χ0v) is 29.3. The average molecular weight is 693 g/mol. The molecule has 4 aromatic rings. The average Bonchev–Trinajstić information content (AvgIpc) is 3.44. The lowest BCUT2D eigenvalue weighted by Gasteiger charge is -2.35. The summed E-state index contributed by atoms with van der Waals surface area (Å²) in [6.45, 7) is 5.75. The zero-order chi connectivity index (χ0) is 36.4. The summed E-state index contributed by atoms with van der Waals surface area (Å²) in [5.74, 6) is -1.07. The minimum atomic E-state index is -1.43. The third kappa shape index (κ3) is 10.3. The number of alkyl carbamates (subject to hydrolysis) is 1. The van der Waals surface area contributed by atoms with E-state index in [1.807, 2.05) is 136 Å². The Labute approximate surface area is 299 Å². The molecule has 0 aliphatic heterocycles. The van der Waals surface area contributed by atoms with Crippen LogP contribution in [-0.4, -0.2) is 58.5 Å². The number of hydrogen-bond donors (Lipinski definition) is 6. The van der Waals surface area contributed by atoms with E-state index in [0.717, 1.165) is 27.8 Å². The topological polar surface area (TPSA) is 149 Å². The molecule has 0 aromatic heterocycles. The molecule has 4 aromatic carbocycles. The van der Waals surface area contributed by atoms with Crippen LogP contribution < -0.4 is 21.3 Å². The van der Waals surface area contributed by atoms with Gasteiger partial charge in [-0.3, -0.25) is 14.9 Å². The summed E-state index contributed by atoms with van der Waals surface area (Å²) in [5, 5.41) is 34.9. The standard InChI is InChI=1S/C41H48N4O6/c1-41(2,3)37(45-40(50)51-26-29-19-11-6-12-20-29)39(49)43-32(23-27-15-7-4-8-16-27)36(47)35(42-25-28-17-9-5-10-18-28)38(48)44-34-31-22-14-13-21-30(31)24-33(34)46/h4-22,32-37,42,46-47H,23-26H2,1-3H3,(H,43,49)(H,44,48)(H,45,50)/t32-,33?,34-,35+,36+,37+/m0/s1. The molecule has 0 fully saturated rings. The molecule has 5 rings (SSSR count). The van der Waals surface area contributed by atoms with Crippen molar-refractivity contribution < 1.29 is 29.3 Å². The van der Waals surface area contributed by atoms with Gasteiger partial charge >= 0.3 is 6.09 Å². The molecular weight excluding hydrogens is 644 g/mol. The number of ether oxygens (including phenoxy) is 1. The quantitative estimate of drug-likeness (QED) is 0.115. The fourth-order valence-corrected chi connectivity index (χ4v) is 6.36. The SMILES string of the molecule is CC(C)(C)[C@H](NC(=O)OCc1ccccc1)C(=O)N[C@@H](Cc1ccccc1)[C@@H](O)[C@@H](NCc1ccccc1)C(=O)N[C@H]1c2ccccc2CC1O. The Kier molecular flexibility index (Phi) is 12.6. The highest BCUT2D eigenvalue weighted by Crippen LogP contribution is 2.31. The number of aliphatic hydroxyl groups excluding tert-OH is 2. The highest BCUT2D eigenvalue weighted by molar-refractivity contribution is 5.87.